The van der Waals surface area contributed by atoms with Crippen molar-refractivity contribution in [3.8, 4) is 5.75 Å². The van der Waals surface area contributed by atoms with Gasteiger partial charge in [-0.25, -0.2) is 0 Å². The Morgan fingerprint density at radius 2 is 2.00 bits per heavy atom. The highest BCUT2D eigenvalue weighted by Crippen LogP contribution is 2.32. The van der Waals surface area contributed by atoms with Crippen LogP contribution < -0.4 is 15.4 Å². The lowest BCUT2D eigenvalue weighted by atomic mass is 9.96. The molecule has 0 saturated carbocycles. The first-order valence-electron chi connectivity index (χ1n) is 7.34. The van der Waals surface area contributed by atoms with Crippen LogP contribution in [0.2, 0.25) is 0 Å². The third-order valence-corrected chi connectivity index (χ3v) is 4.64. The zero-order valence-corrected chi connectivity index (χ0v) is 13.1. The van der Waals surface area contributed by atoms with Crippen LogP contribution in [0.1, 0.15) is 20.3 Å². The fourth-order valence-corrected chi connectivity index (χ4v) is 2.99. The minimum atomic E-state index is 0.0405. The van der Waals surface area contributed by atoms with E-state index < -0.39 is 0 Å². The van der Waals surface area contributed by atoms with Crippen molar-refractivity contribution in [2.45, 2.75) is 31.8 Å². The second-order valence-corrected chi connectivity index (χ2v) is 6.00. The second-order valence-electron chi connectivity index (χ2n) is 6.00. The number of likely N-dealkylation sites (tertiary alicyclic amines) is 1. The third-order valence-electron chi connectivity index (χ3n) is 4.64. The van der Waals surface area contributed by atoms with Gasteiger partial charge in [-0.2, -0.15) is 0 Å². The number of methoxy groups -OCH3 is 1. The first-order chi connectivity index (χ1) is 9.52. The number of ether oxygens (including phenoxy) is 1. The average molecular weight is 277 g/mol. The quantitative estimate of drug-likeness (QED) is 0.893. The van der Waals surface area contributed by atoms with Gasteiger partial charge in [0.25, 0.3) is 0 Å². The number of anilines is 1. The summed E-state index contributed by atoms with van der Waals surface area (Å²) in [5, 5.41) is 0. The Hall–Kier alpha value is -1.26. The molecule has 1 heterocycles. The molecule has 0 bridgehead atoms. The number of likely N-dealkylation sites (N-methyl/N-ethyl adjacent to an activating group) is 1. The summed E-state index contributed by atoms with van der Waals surface area (Å²) in [4.78, 5) is 4.85. The molecule has 1 aromatic rings. The molecule has 1 aliphatic rings. The van der Waals surface area contributed by atoms with E-state index >= 15 is 0 Å². The van der Waals surface area contributed by atoms with Gasteiger partial charge in [-0.15, -0.1) is 0 Å². The van der Waals surface area contributed by atoms with Crippen LogP contribution in [-0.2, 0) is 0 Å². The van der Waals surface area contributed by atoms with Gasteiger partial charge >= 0.3 is 0 Å². The van der Waals surface area contributed by atoms with Gasteiger partial charge in [0, 0.05) is 38.4 Å². The van der Waals surface area contributed by atoms with E-state index in [0.717, 1.165) is 25.3 Å². The molecule has 2 rings (SSSR count). The fourth-order valence-electron chi connectivity index (χ4n) is 2.99. The highest BCUT2D eigenvalue weighted by atomic mass is 16.5. The number of nitrogens with two attached hydrogens (primary N) is 1. The summed E-state index contributed by atoms with van der Waals surface area (Å²) in [6.45, 7) is 7.33. The smallest absolute Gasteiger partial charge is 0.119 e. The molecule has 1 aromatic carbocycles. The molecule has 0 spiro atoms. The highest BCUT2D eigenvalue weighted by molar-refractivity contribution is 5.51. The van der Waals surface area contributed by atoms with E-state index in [9.17, 15) is 0 Å². The Morgan fingerprint density at radius 1 is 1.35 bits per heavy atom. The van der Waals surface area contributed by atoms with Gasteiger partial charge in [-0.3, -0.25) is 4.90 Å². The molecule has 1 unspecified atom stereocenters. The van der Waals surface area contributed by atoms with Crippen molar-refractivity contribution in [2.24, 2.45) is 5.73 Å². The Morgan fingerprint density at radius 3 is 2.45 bits per heavy atom. The maximum absolute atomic E-state index is 6.13. The summed E-state index contributed by atoms with van der Waals surface area (Å²) >= 11 is 0. The lowest BCUT2D eigenvalue weighted by molar-refractivity contribution is 0.255. The third kappa shape index (κ3) is 2.76. The van der Waals surface area contributed by atoms with Gasteiger partial charge < -0.3 is 15.4 Å². The van der Waals surface area contributed by atoms with Crippen molar-refractivity contribution in [1.29, 1.82) is 0 Å². The summed E-state index contributed by atoms with van der Waals surface area (Å²) < 4.78 is 5.22. The molecule has 0 aromatic heterocycles. The number of rotatable bonds is 5. The van der Waals surface area contributed by atoms with Crippen molar-refractivity contribution < 1.29 is 4.74 Å². The van der Waals surface area contributed by atoms with Crippen LogP contribution in [-0.4, -0.2) is 50.3 Å². The topological polar surface area (TPSA) is 41.7 Å². The fraction of sp³-hybridized carbons (Fsp3) is 0.625. The zero-order chi connectivity index (χ0) is 14.8. The number of hydrogen-bond donors (Lipinski definition) is 1. The van der Waals surface area contributed by atoms with Crippen molar-refractivity contribution >= 4 is 5.69 Å². The second kappa shape index (κ2) is 6.02. The maximum atomic E-state index is 6.13. The maximum Gasteiger partial charge on any atom is 0.119 e. The van der Waals surface area contributed by atoms with Crippen molar-refractivity contribution in [3.63, 3.8) is 0 Å². The average Bonchev–Trinajstić information content (AvgIpc) is 2.92. The molecule has 0 radical (unpaired) electrons. The summed E-state index contributed by atoms with van der Waals surface area (Å²) in [6, 6.07) is 8.80. The standard InChI is InChI=1S/C16H27N3O/c1-13(2)19-10-9-16(11-17,12-19)18(3)14-5-7-15(20-4)8-6-14/h5-8,13H,9-12,17H2,1-4H3. The first kappa shape index (κ1) is 15.1. The van der Waals surface area contributed by atoms with Gasteiger partial charge in [0.1, 0.15) is 5.75 Å². The molecule has 0 aliphatic carbocycles. The van der Waals surface area contributed by atoms with Crippen molar-refractivity contribution in [1.82, 2.24) is 4.90 Å². The molecule has 2 N–H and O–H groups in total. The molecule has 1 fully saturated rings. The highest BCUT2D eigenvalue weighted by Gasteiger charge is 2.41. The number of nitrogens with zero attached hydrogens (tertiary/aromatic N) is 2. The predicted molar refractivity (Wildman–Crippen MR) is 84.5 cm³/mol. The molecular formula is C16H27N3O. The lowest BCUT2D eigenvalue weighted by Crippen LogP contribution is -2.54. The summed E-state index contributed by atoms with van der Waals surface area (Å²) in [5.41, 5.74) is 7.37. The minimum absolute atomic E-state index is 0.0405. The predicted octanol–water partition coefficient (Wildman–Crippen LogP) is 1.94. The molecule has 4 nitrogen and oxygen atoms in total. The van der Waals surface area contributed by atoms with Gasteiger partial charge in [-0.1, -0.05) is 0 Å². The monoisotopic (exact) mass is 277 g/mol. The van der Waals surface area contributed by atoms with Crippen molar-refractivity contribution in [3.05, 3.63) is 24.3 Å². The van der Waals surface area contributed by atoms with Gasteiger partial charge in [0.05, 0.1) is 12.6 Å². The van der Waals surface area contributed by atoms with Gasteiger partial charge in [-0.05, 0) is 44.5 Å². The van der Waals surface area contributed by atoms with E-state index in [1.165, 1.54) is 5.69 Å². The van der Waals surface area contributed by atoms with E-state index in [1.54, 1.807) is 7.11 Å². The first-order valence-corrected chi connectivity index (χ1v) is 7.34. The Kier molecular flexibility index (Phi) is 4.55. The number of benzene rings is 1. The molecule has 0 amide bonds. The largest absolute Gasteiger partial charge is 0.497 e. The van der Waals surface area contributed by atoms with Crippen LogP contribution in [0.25, 0.3) is 0 Å². The van der Waals surface area contributed by atoms with Gasteiger partial charge in [0.15, 0.2) is 0 Å². The van der Waals surface area contributed by atoms with Crippen LogP contribution >= 0.6 is 0 Å². The number of hydrogen-bond acceptors (Lipinski definition) is 4. The lowest BCUT2D eigenvalue weighted by Gasteiger charge is -2.40. The molecule has 112 valence electrons. The minimum Gasteiger partial charge on any atom is -0.497 e. The Balaban J connectivity index is 2.18. The van der Waals surface area contributed by atoms with Crippen LogP contribution in [0.4, 0.5) is 5.69 Å². The van der Waals surface area contributed by atoms with E-state index in [-0.39, 0.29) is 5.54 Å². The van der Waals surface area contributed by atoms with E-state index in [2.05, 4.69) is 42.8 Å². The molecule has 20 heavy (non-hydrogen) atoms. The van der Waals surface area contributed by atoms with Crippen LogP contribution in [0.5, 0.6) is 5.75 Å². The molecular weight excluding hydrogens is 250 g/mol. The molecule has 1 aliphatic heterocycles. The normalized spacial score (nSPS) is 23.3. The van der Waals surface area contributed by atoms with Crippen LogP contribution in [0.15, 0.2) is 24.3 Å². The summed E-state index contributed by atoms with van der Waals surface area (Å²) in [7, 11) is 3.84. The van der Waals surface area contributed by atoms with Crippen LogP contribution in [0, 0.1) is 0 Å². The molecule has 1 saturated heterocycles. The molecule has 1 atom stereocenters. The van der Waals surface area contributed by atoms with Gasteiger partial charge in [0.2, 0.25) is 0 Å². The zero-order valence-electron chi connectivity index (χ0n) is 13.1. The summed E-state index contributed by atoms with van der Waals surface area (Å²) in [5.74, 6) is 0.888. The van der Waals surface area contributed by atoms with E-state index in [4.69, 9.17) is 10.5 Å². The SMILES string of the molecule is COc1ccc(N(C)C2(CN)CCN(C(C)C)C2)cc1. The van der Waals surface area contributed by atoms with Crippen molar-refractivity contribution in [2.75, 3.05) is 38.7 Å². The van der Waals surface area contributed by atoms with E-state index in [0.29, 0.717) is 12.6 Å². The van der Waals surface area contributed by atoms with Crippen LogP contribution in [0.3, 0.4) is 0 Å². The Labute approximate surface area is 122 Å². The van der Waals surface area contributed by atoms with E-state index in [1.807, 2.05) is 12.1 Å². The molecule has 4 heteroatoms. The summed E-state index contributed by atoms with van der Waals surface area (Å²) in [6.07, 6.45) is 1.12. The Bertz CT molecular complexity index is 432.